The zero-order valence-corrected chi connectivity index (χ0v) is 13.6. The van der Waals surface area contributed by atoms with E-state index in [1.54, 1.807) is 0 Å². The molecule has 1 aliphatic heterocycles. The molecule has 0 saturated carbocycles. The van der Waals surface area contributed by atoms with Gasteiger partial charge in [-0.15, -0.1) is 0 Å². The number of nitrogen functional groups attached to an aromatic ring is 1. The van der Waals surface area contributed by atoms with Gasteiger partial charge in [0.2, 0.25) is 0 Å². The molecule has 0 bridgehead atoms. The van der Waals surface area contributed by atoms with Gasteiger partial charge in [-0.3, -0.25) is 0 Å². The summed E-state index contributed by atoms with van der Waals surface area (Å²) in [6.07, 6.45) is 0. The van der Waals surface area contributed by atoms with E-state index < -0.39 is 18.3 Å². The van der Waals surface area contributed by atoms with Crippen molar-refractivity contribution in [2.45, 2.75) is 45.8 Å². The summed E-state index contributed by atoms with van der Waals surface area (Å²) >= 11 is 0. The minimum Gasteiger partial charge on any atom is -0.399 e. The standard InChI is InChI=1S/C16H21BN2O3/c1-10-13(17-21-15(2,3)16(4,5)22-17)14(19-20-10)11-7-6-8-12(18)9-11/h6-9H,18H2,1-5H3. The summed E-state index contributed by atoms with van der Waals surface area (Å²) in [5, 5.41) is 4.18. The maximum Gasteiger partial charge on any atom is 0.500 e. The molecule has 2 N–H and O–H groups in total. The molecule has 2 heterocycles. The molecule has 1 aliphatic rings. The van der Waals surface area contributed by atoms with Crippen LogP contribution in [0.4, 0.5) is 5.69 Å². The van der Waals surface area contributed by atoms with Crippen molar-refractivity contribution in [3.63, 3.8) is 0 Å². The van der Waals surface area contributed by atoms with Crippen LogP contribution in [-0.4, -0.2) is 23.5 Å². The summed E-state index contributed by atoms with van der Waals surface area (Å²) in [7, 11) is -0.507. The van der Waals surface area contributed by atoms with Gasteiger partial charge in [-0.2, -0.15) is 0 Å². The number of aryl methyl sites for hydroxylation is 1. The van der Waals surface area contributed by atoms with Gasteiger partial charge in [-0.1, -0.05) is 17.3 Å². The van der Waals surface area contributed by atoms with E-state index in [1.807, 2.05) is 58.9 Å². The number of hydrogen-bond acceptors (Lipinski definition) is 5. The van der Waals surface area contributed by atoms with Crippen LogP contribution in [-0.2, 0) is 9.31 Å². The summed E-state index contributed by atoms with van der Waals surface area (Å²) in [6.45, 7) is 9.96. The van der Waals surface area contributed by atoms with Crippen molar-refractivity contribution in [2.75, 3.05) is 5.73 Å². The minimum atomic E-state index is -0.507. The number of aromatic nitrogens is 1. The largest absolute Gasteiger partial charge is 0.500 e. The lowest BCUT2D eigenvalue weighted by Gasteiger charge is -2.32. The van der Waals surface area contributed by atoms with Gasteiger partial charge in [0.25, 0.3) is 0 Å². The summed E-state index contributed by atoms with van der Waals surface area (Å²) in [5.41, 5.74) is 8.16. The molecule has 6 heteroatoms. The van der Waals surface area contributed by atoms with Crippen LogP contribution >= 0.6 is 0 Å². The van der Waals surface area contributed by atoms with Crippen molar-refractivity contribution < 1.29 is 13.8 Å². The molecule has 0 aliphatic carbocycles. The lowest BCUT2D eigenvalue weighted by atomic mass is 9.76. The number of nitrogens with two attached hydrogens (primary N) is 1. The third-order valence-electron chi connectivity index (χ3n) is 4.56. The van der Waals surface area contributed by atoms with Crippen molar-refractivity contribution in [1.29, 1.82) is 0 Å². The summed E-state index contributed by atoms with van der Waals surface area (Å²) < 4.78 is 17.6. The van der Waals surface area contributed by atoms with Crippen LogP contribution in [0, 0.1) is 6.92 Å². The van der Waals surface area contributed by atoms with E-state index in [-0.39, 0.29) is 0 Å². The van der Waals surface area contributed by atoms with Crippen LogP contribution in [0.2, 0.25) is 0 Å². The molecule has 116 valence electrons. The summed E-state index contributed by atoms with van der Waals surface area (Å²) in [5.74, 6) is 0.691. The van der Waals surface area contributed by atoms with E-state index >= 15 is 0 Å². The number of anilines is 1. The third kappa shape index (κ3) is 2.32. The van der Waals surface area contributed by atoms with E-state index in [1.165, 1.54) is 0 Å². The molecule has 1 aromatic heterocycles. The molecule has 0 atom stereocenters. The minimum absolute atomic E-state index is 0.408. The van der Waals surface area contributed by atoms with Gasteiger partial charge in [0.15, 0.2) is 0 Å². The van der Waals surface area contributed by atoms with Gasteiger partial charge in [0, 0.05) is 11.3 Å². The van der Waals surface area contributed by atoms with E-state index in [0.29, 0.717) is 17.1 Å². The maximum absolute atomic E-state index is 6.13. The van der Waals surface area contributed by atoms with Crippen molar-refractivity contribution in [2.24, 2.45) is 0 Å². The number of rotatable bonds is 2. The summed E-state index contributed by atoms with van der Waals surface area (Å²) in [6, 6.07) is 7.54. The van der Waals surface area contributed by atoms with Gasteiger partial charge in [-0.05, 0) is 46.8 Å². The highest BCUT2D eigenvalue weighted by Crippen LogP contribution is 2.37. The Morgan fingerprint density at radius 1 is 1.09 bits per heavy atom. The van der Waals surface area contributed by atoms with E-state index in [9.17, 15) is 0 Å². The first-order chi connectivity index (χ1) is 10.2. The van der Waals surface area contributed by atoms with Gasteiger partial charge >= 0.3 is 7.12 Å². The second kappa shape index (κ2) is 4.86. The Hall–Kier alpha value is -1.79. The molecular formula is C16H21BN2O3. The van der Waals surface area contributed by atoms with E-state index in [0.717, 1.165) is 11.0 Å². The Morgan fingerprint density at radius 2 is 1.73 bits per heavy atom. The Kier molecular flexibility index (Phi) is 3.34. The number of nitrogens with zero attached hydrogens (tertiary/aromatic N) is 1. The predicted molar refractivity (Wildman–Crippen MR) is 86.8 cm³/mol. The van der Waals surface area contributed by atoms with Crippen LogP contribution in [0.25, 0.3) is 11.3 Å². The van der Waals surface area contributed by atoms with Crippen LogP contribution in [0.1, 0.15) is 33.5 Å². The zero-order valence-electron chi connectivity index (χ0n) is 13.6. The molecule has 0 spiro atoms. The van der Waals surface area contributed by atoms with E-state index in [2.05, 4.69) is 5.16 Å². The second-order valence-corrected chi connectivity index (χ2v) is 6.71. The topological polar surface area (TPSA) is 70.5 Å². The van der Waals surface area contributed by atoms with Gasteiger partial charge < -0.3 is 19.6 Å². The first-order valence-electron chi connectivity index (χ1n) is 7.39. The molecule has 0 unspecified atom stereocenters. The monoisotopic (exact) mass is 300 g/mol. The molecule has 1 aromatic carbocycles. The Labute approximate surface area is 130 Å². The normalized spacial score (nSPS) is 19.6. The lowest BCUT2D eigenvalue weighted by Crippen LogP contribution is -2.41. The first kappa shape index (κ1) is 15.1. The van der Waals surface area contributed by atoms with Gasteiger partial charge in [-0.25, -0.2) is 0 Å². The molecule has 3 rings (SSSR count). The number of hydrogen-bond donors (Lipinski definition) is 1. The molecule has 22 heavy (non-hydrogen) atoms. The average Bonchev–Trinajstić information content (AvgIpc) is 2.87. The van der Waals surface area contributed by atoms with Crippen molar-refractivity contribution in [1.82, 2.24) is 5.16 Å². The molecule has 1 fully saturated rings. The predicted octanol–water partition coefficient (Wildman–Crippen LogP) is 2.53. The van der Waals surface area contributed by atoms with Crippen LogP contribution in [0.3, 0.4) is 0 Å². The Balaban J connectivity index is 2.05. The maximum atomic E-state index is 6.13. The fourth-order valence-corrected chi connectivity index (χ4v) is 2.51. The van der Waals surface area contributed by atoms with Crippen molar-refractivity contribution in [3.05, 3.63) is 30.0 Å². The summed E-state index contributed by atoms with van der Waals surface area (Å²) in [4.78, 5) is 0. The van der Waals surface area contributed by atoms with Crippen molar-refractivity contribution >= 4 is 18.3 Å². The molecule has 1 saturated heterocycles. The Bertz CT molecular complexity index is 693. The third-order valence-corrected chi connectivity index (χ3v) is 4.56. The fraction of sp³-hybridized carbons (Fsp3) is 0.438. The highest BCUT2D eigenvalue weighted by molar-refractivity contribution is 6.64. The van der Waals surface area contributed by atoms with Crippen LogP contribution < -0.4 is 11.2 Å². The quantitative estimate of drug-likeness (QED) is 0.681. The zero-order chi connectivity index (χ0) is 16.1. The van der Waals surface area contributed by atoms with Gasteiger partial charge in [0.05, 0.1) is 16.7 Å². The molecule has 2 aromatic rings. The fourth-order valence-electron chi connectivity index (χ4n) is 2.51. The number of benzene rings is 1. The smallest absolute Gasteiger partial charge is 0.399 e. The molecule has 0 amide bonds. The highest BCUT2D eigenvalue weighted by Gasteiger charge is 2.53. The van der Waals surface area contributed by atoms with Crippen LogP contribution in [0.5, 0.6) is 0 Å². The second-order valence-electron chi connectivity index (χ2n) is 6.71. The average molecular weight is 300 g/mol. The molecule has 5 nitrogen and oxygen atoms in total. The molecule has 0 radical (unpaired) electrons. The van der Waals surface area contributed by atoms with Gasteiger partial charge in [0.1, 0.15) is 11.5 Å². The van der Waals surface area contributed by atoms with Crippen LogP contribution in [0.15, 0.2) is 28.8 Å². The van der Waals surface area contributed by atoms with Crippen molar-refractivity contribution in [3.8, 4) is 11.3 Å². The lowest BCUT2D eigenvalue weighted by molar-refractivity contribution is 0.00578. The van der Waals surface area contributed by atoms with E-state index in [4.69, 9.17) is 19.6 Å². The molecular weight excluding hydrogens is 279 g/mol. The highest BCUT2D eigenvalue weighted by atomic mass is 16.7. The first-order valence-corrected chi connectivity index (χ1v) is 7.39. The Morgan fingerprint density at radius 3 is 2.32 bits per heavy atom. The SMILES string of the molecule is Cc1onc(-c2cccc(N)c2)c1B1OC(C)(C)C(C)(C)O1.